The number of rotatable bonds is 3. The average Bonchev–Trinajstić information content (AvgIpc) is 2.68. The van der Waals surface area contributed by atoms with Crippen molar-refractivity contribution in [1.82, 2.24) is 4.98 Å². The van der Waals surface area contributed by atoms with Gasteiger partial charge in [-0.1, -0.05) is 6.07 Å². The van der Waals surface area contributed by atoms with Gasteiger partial charge in [0, 0.05) is 17.5 Å². The first kappa shape index (κ1) is 12.1. The molecule has 1 atom stereocenters. The molecular weight excluding hydrogens is 232 g/mol. The van der Waals surface area contributed by atoms with Crippen molar-refractivity contribution in [2.45, 2.75) is 25.9 Å². The Kier molecular flexibility index (Phi) is 3.17. The molecule has 17 heavy (non-hydrogen) atoms. The van der Waals surface area contributed by atoms with Crippen molar-refractivity contribution in [3.8, 4) is 0 Å². The molecule has 0 aliphatic carbocycles. The maximum atomic E-state index is 10.6. The van der Waals surface area contributed by atoms with E-state index in [1.807, 2.05) is 37.4 Å². The van der Waals surface area contributed by atoms with Crippen LogP contribution in [0.2, 0.25) is 0 Å². The van der Waals surface area contributed by atoms with Gasteiger partial charge in [-0.3, -0.25) is 0 Å². The van der Waals surface area contributed by atoms with Crippen molar-refractivity contribution in [2.24, 2.45) is 0 Å². The van der Waals surface area contributed by atoms with E-state index in [0.717, 1.165) is 16.0 Å². The Morgan fingerprint density at radius 2 is 2.24 bits per heavy atom. The largest absolute Gasteiger partial charge is 0.384 e. The number of aliphatic hydroxyl groups is 1. The number of aromatic nitrogens is 1. The average molecular weight is 248 g/mol. The van der Waals surface area contributed by atoms with Crippen LogP contribution >= 0.6 is 11.3 Å². The van der Waals surface area contributed by atoms with Crippen LogP contribution in [-0.4, -0.2) is 10.1 Å². The van der Waals surface area contributed by atoms with E-state index in [-0.39, 0.29) is 0 Å². The number of nitrogens with zero attached hydrogens (tertiary/aromatic N) is 1. The number of aryl methyl sites for hydroxylation is 1. The molecule has 0 saturated carbocycles. The van der Waals surface area contributed by atoms with Gasteiger partial charge in [0.25, 0.3) is 0 Å². The van der Waals surface area contributed by atoms with E-state index in [1.54, 1.807) is 17.5 Å². The number of hydrogen-bond donors (Lipinski definition) is 2. The molecule has 0 aliphatic rings. The minimum Gasteiger partial charge on any atom is -0.384 e. The molecule has 0 aromatic carbocycles. The highest BCUT2D eigenvalue weighted by molar-refractivity contribution is 7.10. The fourth-order valence-corrected chi connectivity index (χ4v) is 2.96. The molecule has 90 valence electrons. The highest BCUT2D eigenvalue weighted by Crippen LogP contribution is 2.32. The second-order valence-corrected chi connectivity index (χ2v) is 5.35. The Balaban J connectivity index is 2.30. The zero-order valence-electron chi connectivity index (χ0n) is 9.97. The molecular formula is C13H16N2OS. The van der Waals surface area contributed by atoms with Crippen molar-refractivity contribution < 1.29 is 5.11 Å². The highest BCUT2D eigenvalue weighted by Gasteiger charge is 2.27. The van der Waals surface area contributed by atoms with Crippen molar-refractivity contribution >= 4 is 17.2 Å². The van der Waals surface area contributed by atoms with E-state index in [0.29, 0.717) is 12.2 Å². The first-order valence-electron chi connectivity index (χ1n) is 5.47. The lowest BCUT2D eigenvalue weighted by atomic mass is 9.93. The van der Waals surface area contributed by atoms with Gasteiger partial charge in [-0.15, -0.1) is 11.3 Å². The number of pyridine rings is 1. The molecule has 2 aromatic heterocycles. The van der Waals surface area contributed by atoms with Gasteiger partial charge in [0.15, 0.2) is 0 Å². The van der Waals surface area contributed by atoms with Crippen LogP contribution in [0.3, 0.4) is 0 Å². The summed E-state index contributed by atoms with van der Waals surface area (Å²) in [6.07, 6.45) is 2.14. The van der Waals surface area contributed by atoms with Crippen LogP contribution in [0.5, 0.6) is 0 Å². The molecule has 0 bridgehead atoms. The lowest BCUT2D eigenvalue weighted by Crippen LogP contribution is -2.24. The predicted molar refractivity (Wildman–Crippen MR) is 71.0 cm³/mol. The molecule has 0 spiro atoms. The van der Waals surface area contributed by atoms with Gasteiger partial charge in [0.05, 0.1) is 0 Å². The molecule has 0 aliphatic heterocycles. The molecule has 0 fully saturated rings. The summed E-state index contributed by atoms with van der Waals surface area (Å²) >= 11 is 1.57. The van der Waals surface area contributed by atoms with Crippen LogP contribution in [0.25, 0.3) is 0 Å². The van der Waals surface area contributed by atoms with Gasteiger partial charge in [-0.05, 0) is 42.5 Å². The van der Waals surface area contributed by atoms with E-state index in [9.17, 15) is 5.11 Å². The fourth-order valence-electron chi connectivity index (χ4n) is 1.98. The third kappa shape index (κ3) is 2.48. The monoisotopic (exact) mass is 248 g/mol. The quantitative estimate of drug-likeness (QED) is 0.877. The Labute approximate surface area is 105 Å². The molecule has 2 aromatic rings. The Hall–Kier alpha value is -1.39. The normalized spacial score (nSPS) is 14.5. The Morgan fingerprint density at radius 1 is 1.47 bits per heavy atom. The van der Waals surface area contributed by atoms with Crippen LogP contribution in [0.4, 0.5) is 5.82 Å². The Bertz CT molecular complexity index is 520. The summed E-state index contributed by atoms with van der Waals surface area (Å²) in [4.78, 5) is 5.02. The molecule has 0 amide bonds. The molecule has 4 heteroatoms. The molecule has 2 rings (SSSR count). The Morgan fingerprint density at radius 3 is 2.82 bits per heavy atom. The van der Waals surface area contributed by atoms with Gasteiger partial charge >= 0.3 is 0 Å². The molecule has 2 heterocycles. The van der Waals surface area contributed by atoms with Crippen LogP contribution in [0.1, 0.15) is 22.9 Å². The summed E-state index contributed by atoms with van der Waals surface area (Å²) in [6.45, 7) is 3.82. The second kappa shape index (κ2) is 4.47. The van der Waals surface area contributed by atoms with Gasteiger partial charge in [0.1, 0.15) is 11.4 Å². The third-order valence-electron chi connectivity index (χ3n) is 2.81. The third-order valence-corrected chi connectivity index (χ3v) is 4.08. The lowest BCUT2D eigenvalue weighted by molar-refractivity contribution is 0.0610. The summed E-state index contributed by atoms with van der Waals surface area (Å²) < 4.78 is 0. The molecule has 0 radical (unpaired) electrons. The van der Waals surface area contributed by atoms with Gasteiger partial charge in [-0.2, -0.15) is 0 Å². The predicted octanol–water partition coefficient (Wildman–Crippen LogP) is 2.48. The van der Waals surface area contributed by atoms with Crippen molar-refractivity contribution in [2.75, 3.05) is 5.73 Å². The maximum absolute atomic E-state index is 10.6. The second-order valence-electron chi connectivity index (χ2n) is 4.43. The van der Waals surface area contributed by atoms with Crippen molar-refractivity contribution in [3.05, 3.63) is 45.8 Å². The zero-order valence-corrected chi connectivity index (χ0v) is 10.8. The van der Waals surface area contributed by atoms with Crippen LogP contribution in [0, 0.1) is 6.92 Å². The van der Waals surface area contributed by atoms with E-state index in [2.05, 4.69) is 4.98 Å². The minimum absolute atomic E-state index is 0.480. The van der Waals surface area contributed by atoms with Crippen molar-refractivity contribution in [3.63, 3.8) is 0 Å². The molecule has 1 unspecified atom stereocenters. The first-order chi connectivity index (χ1) is 8.00. The number of nitrogens with two attached hydrogens (primary N) is 1. The number of nitrogen functional groups attached to an aromatic ring is 1. The smallest absolute Gasteiger partial charge is 0.126 e. The van der Waals surface area contributed by atoms with Gasteiger partial charge < -0.3 is 10.8 Å². The first-order valence-corrected chi connectivity index (χ1v) is 6.35. The highest BCUT2D eigenvalue weighted by atomic mass is 32.1. The number of anilines is 1. The van der Waals surface area contributed by atoms with Crippen LogP contribution in [-0.2, 0) is 12.0 Å². The summed E-state index contributed by atoms with van der Waals surface area (Å²) in [7, 11) is 0. The number of thiophene rings is 1. The zero-order chi connectivity index (χ0) is 12.5. The van der Waals surface area contributed by atoms with E-state index in [4.69, 9.17) is 5.73 Å². The van der Waals surface area contributed by atoms with Gasteiger partial charge in [0.2, 0.25) is 0 Å². The van der Waals surface area contributed by atoms with E-state index in [1.165, 1.54) is 0 Å². The maximum Gasteiger partial charge on any atom is 0.126 e. The lowest BCUT2D eigenvalue weighted by Gasteiger charge is -2.23. The SMILES string of the molecule is Cc1ccsc1C(C)(O)Cc1cccnc1N. The van der Waals surface area contributed by atoms with Crippen LogP contribution in [0.15, 0.2) is 29.8 Å². The topological polar surface area (TPSA) is 59.1 Å². The van der Waals surface area contributed by atoms with Crippen LogP contribution < -0.4 is 5.73 Å². The molecule has 3 nitrogen and oxygen atoms in total. The fraction of sp³-hybridized carbons (Fsp3) is 0.308. The number of hydrogen-bond acceptors (Lipinski definition) is 4. The summed E-state index contributed by atoms with van der Waals surface area (Å²) in [5.74, 6) is 0.488. The van der Waals surface area contributed by atoms with Crippen molar-refractivity contribution in [1.29, 1.82) is 0 Å². The standard InChI is InChI=1S/C13H16N2OS/c1-9-5-7-17-11(9)13(2,16)8-10-4-3-6-15-12(10)14/h3-7,16H,8H2,1-2H3,(H2,14,15). The van der Waals surface area contributed by atoms with Gasteiger partial charge in [-0.25, -0.2) is 4.98 Å². The summed E-state index contributed by atoms with van der Waals surface area (Å²) in [6, 6.07) is 5.75. The molecule has 0 saturated heterocycles. The van der Waals surface area contributed by atoms with E-state index < -0.39 is 5.60 Å². The van der Waals surface area contributed by atoms with E-state index >= 15 is 0 Å². The molecule has 3 N–H and O–H groups in total. The minimum atomic E-state index is -0.893. The summed E-state index contributed by atoms with van der Waals surface area (Å²) in [5.41, 5.74) is 6.90. The summed E-state index contributed by atoms with van der Waals surface area (Å²) in [5, 5.41) is 12.6.